The van der Waals surface area contributed by atoms with Crippen molar-refractivity contribution in [3.05, 3.63) is 41.2 Å². The van der Waals surface area contributed by atoms with Gasteiger partial charge in [-0.25, -0.2) is 4.98 Å². The fourth-order valence-corrected chi connectivity index (χ4v) is 1.71. The fraction of sp³-hybridized carbons (Fsp3) is 0.286. The molecule has 4 nitrogen and oxygen atoms in total. The summed E-state index contributed by atoms with van der Waals surface area (Å²) in [5, 5.41) is 0. The van der Waals surface area contributed by atoms with Gasteiger partial charge >= 0.3 is 6.18 Å². The van der Waals surface area contributed by atoms with E-state index in [0.717, 1.165) is 6.07 Å². The van der Waals surface area contributed by atoms with Crippen molar-refractivity contribution in [3.63, 3.8) is 0 Å². The first-order valence-electron chi connectivity index (χ1n) is 6.30. The molecule has 0 fully saturated rings. The van der Waals surface area contributed by atoms with Crippen LogP contribution in [0.4, 0.5) is 19.0 Å². The minimum atomic E-state index is -4.50. The van der Waals surface area contributed by atoms with Gasteiger partial charge in [0.2, 0.25) is 5.88 Å². The van der Waals surface area contributed by atoms with Crippen LogP contribution in [0.1, 0.15) is 23.9 Å². The zero-order valence-electron chi connectivity index (χ0n) is 11.5. The number of nitrogens with two attached hydrogens (primary N) is 1. The maximum absolute atomic E-state index is 12.9. The first-order valence-corrected chi connectivity index (χ1v) is 6.30. The Morgan fingerprint density at radius 2 is 1.86 bits per heavy atom. The lowest BCUT2D eigenvalue weighted by atomic mass is 10.2. The summed E-state index contributed by atoms with van der Waals surface area (Å²) in [6.45, 7) is 3.41. The van der Waals surface area contributed by atoms with E-state index in [1.54, 1.807) is 6.92 Å². The molecule has 0 saturated heterocycles. The van der Waals surface area contributed by atoms with Crippen LogP contribution in [0.2, 0.25) is 0 Å². The van der Waals surface area contributed by atoms with E-state index in [1.165, 1.54) is 18.2 Å². The first kappa shape index (κ1) is 15.1. The monoisotopic (exact) mass is 297 g/mol. The van der Waals surface area contributed by atoms with E-state index >= 15 is 0 Å². The number of hydrogen-bond donors (Lipinski definition) is 1. The molecule has 2 N–H and O–H groups in total. The number of ether oxygens (including phenoxy) is 1. The van der Waals surface area contributed by atoms with Crippen molar-refractivity contribution in [2.24, 2.45) is 0 Å². The van der Waals surface area contributed by atoms with E-state index in [0.29, 0.717) is 17.8 Å². The Balaban J connectivity index is 2.46. The Hall–Kier alpha value is -2.31. The minimum Gasteiger partial charge on any atom is -0.438 e. The molecule has 2 rings (SSSR count). The van der Waals surface area contributed by atoms with Crippen molar-refractivity contribution in [1.29, 1.82) is 0 Å². The number of nitrogens with zero attached hydrogens (tertiary/aromatic N) is 2. The normalized spacial score (nSPS) is 11.5. The van der Waals surface area contributed by atoms with Crippen LogP contribution in [0.25, 0.3) is 0 Å². The van der Waals surface area contributed by atoms with E-state index in [-0.39, 0.29) is 17.4 Å². The summed E-state index contributed by atoms with van der Waals surface area (Å²) in [7, 11) is 0. The predicted octanol–water partition coefficient (Wildman–Crippen LogP) is 3.74. The number of nitrogen functional groups attached to an aromatic ring is 1. The van der Waals surface area contributed by atoms with Crippen molar-refractivity contribution in [1.82, 2.24) is 9.97 Å². The van der Waals surface area contributed by atoms with Crippen LogP contribution in [-0.2, 0) is 12.6 Å². The summed E-state index contributed by atoms with van der Waals surface area (Å²) in [5.74, 6) is 0.336. The number of rotatable bonds is 3. The van der Waals surface area contributed by atoms with Gasteiger partial charge in [-0.1, -0.05) is 19.1 Å². The van der Waals surface area contributed by atoms with Gasteiger partial charge in [0.05, 0.1) is 11.1 Å². The average molecular weight is 297 g/mol. The summed E-state index contributed by atoms with van der Waals surface area (Å²) in [6, 6.07) is 4.96. The molecule has 0 aliphatic heterocycles. The highest BCUT2D eigenvalue weighted by Crippen LogP contribution is 2.38. The lowest BCUT2D eigenvalue weighted by Gasteiger charge is -2.15. The van der Waals surface area contributed by atoms with Crippen molar-refractivity contribution < 1.29 is 17.9 Å². The molecular weight excluding hydrogens is 283 g/mol. The van der Waals surface area contributed by atoms with Crippen molar-refractivity contribution in [2.75, 3.05) is 5.73 Å². The predicted molar refractivity (Wildman–Crippen MR) is 72.1 cm³/mol. The Morgan fingerprint density at radius 1 is 1.19 bits per heavy atom. The zero-order valence-corrected chi connectivity index (χ0v) is 11.5. The van der Waals surface area contributed by atoms with Crippen molar-refractivity contribution >= 4 is 5.82 Å². The molecule has 2 aromatic rings. The molecule has 0 saturated carbocycles. The van der Waals surface area contributed by atoms with Crippen LogP contribution in [0.5, 0.6) is 11.6 Å². The molecule has 1 aromatic heterocycles. The highest BCUT2D eigenvalue weighted by molar-refractivity contribution is 5.47. The van der Waals surface area contributed by atoms with Gasteiger partial charge in [-0.05, 0) is 19.1 Å². The maximum atomic E-state index is 12.9. The van der Waals surface area contributed by atoms with Crippen LogP contribution in [0, 0.1) is 6.92 Å². The van der Waals surface area contributed by atoms with E-state index in [9.17, 15) is 13.2 Å². The standard InChI is InChI=1S/C14H14F3N3O/c1-3-11-19-12(18)8(2)13(20-11)21-10-7-5-4-6-9(10)14(15,16)17/h4-7H,3H2,1-2H3,(H2,18,19,20). The molecule has 0 unspecified atom stereocenters. The average Bonchev–Trinajstić information content (AvgIpc) is 2.43. The Labute approximate surface area is 119 Å². The lowest BCUT2D eigenvalue weighted by Crippen LogP contribution is -2.09. The molecule has 0 atom stereocenters. The summed E-state index contributed by atoms with van der Waals surface area (Å²) in [4.78, 5) is 8.12. The highest BCUT2D eigenvalue weighted by atomic mass is 19.4. The van der Waals surface area contributed by atoms with Crippen LogP contribution >= 0.6 is 0 Å². The molecule has 0 aliphatic rings. The van der Waals surface area contributed by atoms with E-state index in [4.69, 9.17) is 10.5 Å². The zero-order chi connectivity index (χ0) is 15.6. The number of anilines is 1. The summed E-state index contributed by atoms with van der Waals surface area (Å²) < 4.78 is 44.2. The fourth-order valence-electron chi connectivity index (χ4n) is 1.71. The van der Waals surface area contributed by atoms with Gasteiger partial charge in [-0.15, -0.1) is 0 Å². The number of para-hydroxylation sites is 1. The van der Waals surface area contributed by atoms with Crippen LogP contribution in [0.15, 0.2) is 24.3 Å². The number of aromatic nitrogens is 2. The highest BCUT2D eigenvalue weighted by Gasteiger charge is 2.34. The summed E-state index contributed by atoms with van der Waals surface area (Å²) >= 11 is 0. The molecule has 0 spiro atoms. The molecule has 0 radical (unpaired) electrons. The van der Waals surface area contributed by atoms with Gasteiger partial charge in [-0.3, -0.25) is 0 Å². The second-order valence-electron chi connectivity index (χ2n) is 4.40. The Kier molecular flexibility index (Phi) is 4.02. The van der Waals surface area contributed by atoms with Gasteiger partial charge < -0.3 is 10.5 Å². The van der Waals surface area contributed by atoms with Gasteiger partial charge in [-0.2, -0.15) is 18.2 Å². The molecule has 7 heteroatoms. The molecule has 1 heterocycles. The van der Waals surface area contributed by atoms with Gasteiger partial charge in [0.1, 0.15) is 17.4 Å². The van der Waals surface area contributed by atoms with Gasteiger partial charge in [0.25, 0.3) is 0 Å². The lowest BCUT2D eigenvalue weighted by molar-refractivity contribution is -0.138. The Bertz CT molecular complexity index is 656. The number of benzene rings is 1. The van der Waals surface area contributed by atoms with Crippen molar-refractivity contribution in [3.8, 4) is 11.6 Å². The summed E-state index contributed by atoms with van der Waals surface area (Å²) in [6.07, 6.45) is -4.00. The third kappa shape index (κ3) is 3.24. The molecule has 0 aliphatic carbocycles. The van der Waals surface area contributed by atoms with Crippen LogP contribution < -0.4 is 10.5 Å². The number of alkyl halides is 3. The third-order valence-electron chi connectivity index (χ3n) is 2.90. The van der Waals surface area contributed by atoms with E-state index < -0.39 is 11.7 Å². The topological polar surface area (TPSA) is 61.0 Å². The third-order valence-corrected chi connectivity index (χ3v) is 2.90. The number of aryl methyl sites for hydroxylation is 1. The van der Waals surface area contributed by atoms with E-state index in [1.807, 2.05) is 6.92 Å². The molecule has 21 heavy (non-hydrogen) atoms. The minimum absolute atomic E-state index is 0.0380. The van der Waals surface area contributed by atoms with E-state index in [2.05, 4.69) is 9.97 Å². The van der Waals surface area contributed by atoms with Crippen LogP contribution in [0.3, 0.4) is 0 Å². The molecule has 0 amide bonds. The Morgan fingerprint density at radius 3 is 2.48 bits per heavy atom. The SMILES string of the molecule is CCc1nc(N)c(C)c(Oc2ccccc2C(F)(F)F)n1. The second kappa shape index (κ2) is 5.59. The first-order chi connectivity index (χ1) is 9.82. The smallest absolute Gasteiger partial charge is 0.419 e. The quantitative estimate of drug-likeness (QED) is 0.937. The van der Waals surface area contributed by atoms with Crippen molar-refractivity contribution in [2.45, 2.75) is 26.4 Å². The molecule has 1 aromatic carbocycles. The summed E-state index contributed by atoms with van der Waals surface area (Å²) in [5.41, 5.74) is 5.27. The molecule has 112 valence electrons. The van der Waals surface area contributed by atoms with Gasteiger partial charge in [0.15, 0.2) is 0 Å². The number of halogens is 3. The van der Waals surface area contributed by atoms with Crippen LogP contribution in [-0.4, -0.2) is 9.97 Å². The number of hydrogen-bond acceptors (Lipinski definition) is 4. The largest absolute Gasteiger partial charge is 0.438 e. The maximum Gasteiger partial charge on any atom is 0.419 e. The molecule has 0 bridgehead atoms. The van der Waals surface area contributed by atoms with Gasteiger partial charge in [0, 0.05) is 6.42 Å². The molecular formula is C14H14F3N3O. The second-order valence-corrected chi connectivity index (χ2v) is 4.40.